The predicted molar refractivity (Wildman–Crippen MR) is 138 cm³/mol. The van der Waals surface area contributed by atoms with Crippen LogP contribution in [0.2, 0.25) is 0 Å². The minimum absolute atomic E-state index is 0.144. The second-order valence-corrected chi connectivity index (χ2v) is 11.4. The predicted octanol–water partition coefficient (Wildman–Crippen LogP) is 5.08. The topological polar surface area (TPSA) is 44.6 Å². The van der Waals surface area contributed by atoms with E-state index in [1.807, 2.05) is 27.8 Å². The molecule has 0 unspecified atom stereocenters. The van der Waals surface area contributed by atoms with Crippen molar-refractivity contribution in [3.8, 4) is 10.4 Å². The Hall–Kier alpha value is -1.91. The molecule has 1 saturated heterocycles. The van der Waals surface area contributed by atoms with Crippen molar-refractivity contribution >= 4 is 45.9 Å². The normalized spacial score (nSPS) is 17.4. The van der Waals surface area contributed by atoms with E-state index in [1.165, 1.54) is 26.7 Å². The van der Waals surface area contributed by atoms with Crippen molar-refractivity contribution in [2.75, 3.05) is 31.1 Å². The molecule has 1 saturated carbocycles. The zero-order valence-corrected chi connectivity index (χ0v) is 21.3. The molecule has 3 aromatic rings. The zero-order chi connectivity index (χ0) is 22.8. The standard InChI is InChI=1S/C24H29N5OS3/c1-2-22(30)29(19-8-9-19)23-25-28(24(31)33-23)17-27-14-12-26(13-15-27)16-20-10-11-21(32-20)18-6-4-3-5-7-18/h3-7,10-11,19H,2,8-9,12-17H2,1H3. The zero-order valence-electron chi connectivity index (χ0n) is 18.9. The summed E-state index contributed by atoms with van der Waals surface area (Å²) < 4.78 is 2.64. The molecule has 6 nitrogen and oxygen atoms in total. The first-order valence-corrected chi connectivity index (χ1v) is 13.6. The summed E-state index contributed by atoms with van der Waals surface area (Å²) in [4.78, 5) is 22.0. The van der Waals surface area contributed by atoms with E-state index in [9.17, 15) is 4.79 Å². The van der Waals surface area contributed by atoms with Crippen LogP contribution in [0.1, 0.15) is 31.1 Å². The number of benzene rings is 1. The lowest BCUT2D eigenvalue weighted by molar-refractivity contribution is -0.118. The minimum atomic E-state index is 0.144. The maximum absolute atomic E-state index is 12.4. The summed E-state index contributed by atoms with van der Waals surface area (Å²) in [5.74, 6) is 0.144. The van der Waals surface area contributed by atoms with E-state index in [1.54, 1.807) is 0 Å². The van der Waals surface area contributed by atoms with E-state index >= 15 is 0 Å². The van der Waals surface area contributed by atoms with Crippen LogP contribution >= 0.6 is 34.9 Å². The molecule has 0 radical (unpaired) electrons. The van der Waals surface area contributed by atoms with Gasteiger partial charge in [0.1, 0.15) is 0 Å². The molecular weight excluding hydrogens is 470 g/mol. The van der Waals surface area contributed by atoms with Gasteiger partial charge in [-0.05, 0) is 42.8 Å². The van der Waals surface area contributed by atoms with Crippen molar-refractivity contribution in [3.63, 3.8) is 0 Å². The number of aromatic nitrogens is 2. The van der Waals surface area contributed by atoms with Crippen LogP contribution in [-0.2, 0) is 18.0 Å². The molecule has 33 heavy (non-hydrogen) atoms. The number of anilines is 1. The molecule has 1 aliphatic carbocycles. The molecular formula is C24H29N5OS3. The van der Waals surface area contributed by atoms with E-state index in [0.717, 1.165) is 54.7 Å². The first kappa shape index (κ1) is 22.9. The number of thiophene rings is 1. The molecule has 0 spiro atoms. The molecule has 1 aliphatic heterocycles. The number of hydrogen-bond acceptors (Lipinski definition) is 7. The van der Waals surface area contributed by atoms with Crippen LogP contribution in [0, 0.1) is 3.95 Å². The summed E-state index contributed by atoms with van der Waals surface area (Å²) in [6, 6.07) is 15.4. The highest BCUT2D eigenvalue weighted by molar-refractivity contribution is 7.73. The molecule has 0 bridgehead atoms. The van der Waals surface area contributed by atoms with Crippen LogP contribution < -0.4 is 4.90 Å². The Morgan fingerprint density at radius 3 is 2.48 bits per heavy atom. The molecule has 2 fully saturated rings. The van der Waals surface area contributed by atoms with Gasteiger partial charge >= 0.3 is 0 Å². The number of piperazine rings is 1. The van der Waals surface area contributed by atoms with E-state index in [4.69, 9.17) is 17.3 Å². The van der Waals surface area contributed by atoms with Crippen LogP contribution in [0.25, 0.3) is 10.4 Å². The fourth-order valence-electron chi connectivity index (χ4n) is 4.17. The van der Waals surface area contributed by atoms with Crippen molar-refractivity contribution < 1.29 is 4.79 Å². The summed E-state index contributed by atoms with van der Waals surface area (Å²) in [6.07, 6.45) is 2.64. The van der Waals surface area contributed by atoms with Crippen molar-refractivity contribution in [3.05, 3.63) is 51.3 Å². The number of amides is 1. The van der Waals surface area contributed by atoms with Gasteiger partial charge in [0.25, 0.3) is 0 Å². The van der Waals surface area contributed by atoms with Crippen molar-refractivity contribution in [1.29, 1.82) is 0 Å². The summed E-state index contributed by atoms with van der Waals surface area (Å²) in [5, 5.41) is 5.50. The summed E-state index contributed by atoms with van der Waals surface area (Å²) >= 11 is 8.94. The lowest BCUT2D eigenvalue weighted by Gasteiger charge is -2.34. The van der Waals surface area contributed by atoms with Gasteiger partial charge in [0.05, 0.1) is 6.67 Å². The van der Waals surface area contributed by atoms with Crippen molar-refractivity contribution in [1.82, 2.24) is 19.6 Å². The van der Waals surface area contributed by atoms with Gasteiger partial charge in [-0.1, -0.05) is 48.6 Å². The monoisotopic (exact) mass is 499 g/mol. The Morgan fingerprint density at radius 1 is 1.06 bits per heavy atom. The summed E-state index contributed by atoms with van der Waals surface area (Å²) in [5.41, 5.74) is 1.29. The van der Waals surface area contributed by atoms with Gasteiger partial charge in [0.15, 0.2) is 3.95 Å². The highest BCUT2D eigenvalue weighted by Crippen LogP contribution is 2.34. The third-order valence-electron chi connectivity index (χ3n) is 6.18. The highest BCUT2D eigenvalue weighted by Gasteiger charge is 2.35. The number of carbonyl (C=O) groups is 1. The van der Waals surface area contributed by atoms with E-state index in [0.29, 0.717) is 19.1 Å². The van der Waals surface area contributed by atoms with Gasteiger partial charge < -0.3 is 0 Å². The number of nitrogens with zero attached hydrogens (tertiary/aromatic N) is 5. The minimum Gasteiger partial charge on any atom is -0.296 e. The molecule has 9 heteroatoms. The van der Waals surface area contributed by atoms with E-state index < -0.39 is 0 Å². The molecule has 0 atom stereocenters. The highest BCUT2D eigenvalue weighted by atomic mass is 32.1. The van der Waals surface area contributed by atoms with Gasteiger partial charge in [0.2, 0.25) is 11.0 Å². The Kier molecular flexibility index (Phi) is 7.03. The fourth-order valence-corrected chi connectivity index (χ4v) is 6.40. The van der Waals surface area contributed by atoms with Crippen LogP contribution in [-0.4, -0.2) is 57.7 Å². The largest absolute Gasteiger partial charge is 0.296 e. The third-order valence-corrected chi connectivity index (χ3v) is 8.61. The molecule has 174 valence electrons. The summed E-state index contributed by atoms with van der Waals surface area (Å²) in [6.45, 7) is 7.65. The molecule has 0 N–H and O–H groups in total. The second-order valence-electron chi connectivity index (χ2n) is 8.67. The molecule has 2 aromatic heterocycles. The number of hydrogen-bond donors (Lipinski definition) is 0. The molecule has 3 heterocycles. The Labute approximate surface area is 208 Å². The fraction of sp³-hybridized carbons (Fsp3) is 0.458. The lowest BCUT2D eigenvalue weighted by atomic mass is 10.2. The number of carbonyl (C=O) groups excluding carboxylic acids is 1. The van der Waals surface area contributed by atoms with E-state index in [-0.39, 0.29) is 5.91 Å². The second kappa shape index (κ2) is 10.1. The van der Waals surface area contributed by atoms with Gasteiger partial charge in [-0.3, -0.25) is 19.5 Å². The van der Waals surface area contributed by atoms with Gasteiger partial charge in [-0.2, -0.15) is 0 Å². The van der Waals surface area contributed by atoms with E-state index in [2.05, 4.69) is 52.3 Å². The van der Waals surface area contributed by atoms with Crippen LogP contribution in [0.15, 0.2) is 42.5 Å². The number of rotatable bonds is 8. The molecule has 2 aliphatic rings. The molecule has 1 amide bonds. The first-order valence-electron chi connectivity index (χ1n) is 11.6. The first-order chi connectivity index (χ1) is 16.1. The maximum Gasteiger partial charge on any atom is 0.228 e. The van der Waals surface area contributed by atoms with Crippen LogP contribution in [0.4, 0.5) is 5.13 Å². The van der Waals surface area contributed by atoms with Crippen molar-refractivity contribution in [2.24, 2.45) is 0 Å². The van der Waals surface area contributed by atoms with Crippen LogP contribution in [0.5, 0.6) is 0 Å². The van der Waals surface area contributed by atoms with Gasteiger partial charge in [0, 0.05) is 54.9 Å². The van der Waals surface area contributed by atoms with Gasteiger partial charge in [-0.25, -0.2) is 4.68 Å². The summed E-state index contributed by atoms with van der Waals surface area (Å²) in [7, 11) is 0. The van der Waals surface area contributed by atoms with Gasteiger partial charge in [-0.15, -0.1) is 16.4 Å². The van der Waals surface area contributed by atoms with Crippen LogP contribution in [0.3, 0.4) is 0 Å². The molecule has 1 aromatic carbocycles. The Balaban J connectivity index is 1.15. The molecule has 5 rings (SSSR count). The maximum atomic E-state index is 12.4. The average molecular weight is 500 g/mol. The smallest absolute Gasteiger partial charge is 0.228 e. The quantitative estimate of drug-likeness (QED) is 0.404. The third kappa shape index (κ3) is 5.44. The van der Waals surface area contributed by atoms with Crippen molar-refractivity contribution in [2.45, 2.75) is 45.4 Å². The Morgan fingerprint density at radius 2 is 1.79 bits per heavy atom. The Bertz CT molecular complexity index is 1140. The average Bonchev–Trinajstić information content (AvgIpc) is 3.45. The lowest BCUT2D eigenvalue weighted by Crippen LogP contribution is -2.46. The SMILES string of the molecule is CCC(=O)N(c1nn(CN2CCN(Cc3ccc(-c4ccccc4)s3)CC2)c(=S)s1)C1CC1.